The predicted octanol–water partition coefficient (Wildman–Crippen LogP) is 3.51. The van der Waals surface area contributed by atoms with Crippen LogP contribution in [0.3, 0.4) is 0 Å². The highest BCUT2D eigenvalue weighted by Crippen LogP contribution is 2.31. The Morgan fingerprint density at radius 1 is 1.14 bits per heavy atom. The zero-order valence-electron chi connectivity index (χ0n) is 11.5. The number of anilines is 1. The summed E-state index contributed by atoms with van der Waals surface area (Å²) >= 11 is 0. The van der Waals surface area contributed by atoms with Crippen molar-refractivity contribution in [1.29, 1.82) is 5.41 Å². The molecule has 0 heterocycles. The van der Waals surface area contributed by atoms with E-state index in [9.17, 15) is 13.2 Å². The Bertz CT molecular complexity index is 665. The highest BCUT2D eigenvalue weighted by Gasteiger charge is 2.31. The van der Waals surface area contributed by atoms with Crippen LogP contribution in [-0.4, -0.2) is 25.1 Å². The molecule has 112 valence electrons. The highest BCUT2D eigenvalue weighted by atomic mass is 19.4. The van der Waals surface area contributed by atoms with E-state index in [0.717, 1.165) is 0 Å². The molecule has 0 saturated heterocycles. The van der Waals surface area contributed by atoms with E-state index in [0.29, 0.717) is 22.0 Å². The number of nitrogen functional groups attached to an aromatic ring is 1. The minimum absolute atomic E-state index is 0.100. The summed E-state index contributed by atoms with van der Waals surface area (Å²) in [7, 11) is 0. The lowest BCUT2D eigenvalue weighted by Crippen LogP contribution is -2.34. The van der Waals surface area contributed by atoms with Crippen LogP contribution >= 0.6 is 0 Å². The van der Waals surface area contributed by atoms with Gasteiger partial charge in [-0.15, -0.1) is 0 Å². The van der Waals surface area contributed by atoms with Crippen LogP contribution in [0, 0.1) is 5.41 Å². The lowest BCUT2D eigenvalue weighted by Gasteiger charge is -2.26. The first-order valence-electron chi connectivity index (χ1n) is 6.51. The Labute approximate surface area is 120 Å². The molecule has 2 rings (SSSR count). The van der Waals surface area contributed by atoms with Gasteiger partial charge in [-0.3, -0.25) is 5.41 Å². The number of halogens is 3. The Morgan fingerprint density at radius 2 is 1.76 bits per heavy atom. The average molecular weight is 295 g/mol. The SMILES string of the molecule is CCN(CC(F)(F)F)c1ccc(C(=N)N)c2ccccc12. The zero-order chi connectivity index (χ0) is 15.6. The van der Waals surface area contributed by atoms with Gasteiger partial charge in [0.05, 0.1) is 0 Å². The Hall–Kier alpha value is -2.24. The van der Waals surface area contributed by atoms with Gasteiger partial charge in [0.25, 0.3) is 0 Å². The largest absolute Gasteiger partial charge is 0.405 e. The number of fused-ring (bicyclic) bond motifs is 1. The molecule has 0 atom stereocenters. The molecule has 0 aromatic heterocycles. The van der Waals surface area contributed by atoms with E-state index >= 15 is 0 Å². The minimum atomic E-state index is -4.27. The van der Waals surface area contributed by atoms with Gasteiger partial charge in [-0.2, -0.15) is 13.2 Å². The van der Waals surface area contributed by atoms with Crippen molar-refractivity contribution in [2.45, 2.75) is 13.1 Å². The van der Waals surface area contributed by atoms with Crippen molar-refractivity contribution in [3.63, 3.8) is 0 Å². The molecule has 0 aliphatic heterocycles. The number of nitrogens with zero attached hydrogens (tertiary/aromatic N) is 1. The third kappa shape index (κ3) is 3.26. The van der Waals surface area contributed by atoms with Crippen molar-refractivity contribution >= 4 is 22.3 Å². The van der Waals surface area contributed by atoms with E-state index in [4.69, 9.17) is 11.1 Å². The van der Waals surface area contributed by atoms with E-state index < -0.39 is 12.7 Å². The molecule has 0 fully saturated rings. The fraction of sp³-hybridized carbons (Fsp3) is 0.267. The van der Waals surface area contributed by atoms with Gasteiger partial charge in [-0.1, -0.05) is 24.3 Å². The second-order valence-corrected chi connectivity index (χ2v) is 4.72. The summed E-state index contributed by atoms with van der Waals surface area (Å²) in [5.41, 5.74) is 6.55. The number of benzene rings is 2. The molecule has 0 aliphatic rings. The van der Waals surface area contributed by atoms with Gasteiger partial charge < -0.3 is 10.6 Å². The molecule has 6 heteroatoms. The predicted molar refractivity (Wildman–Crippen MR) is 78.9 cm³/mol. The molecule has 0 saturated carbocycles. The third-order valence-electron chi connectivity index (χ3n) is 3.28. The molecule has 21 heavy (non-hydrogen) atoms. The third-order valence-corrected chi connectivity index (χ3v) is 3.28. The van der Waals surface area contributed by atoms with E-state index in [1.807, 2.05) is 0 Å². The summed E-state index contributed by atoms with van der Waals surface area (Å²) in [6, 6.07) is 10.2. The van der Waals surface area contributed by atoms with Crippen molar-refractivity contribution in [2.24, 2.45) is 5.73 Å². The van der Waals surface area contributed by atoms with Gasteiger partial charge >= 0.3 is 6.18 Å². The van der Waals surface area contributed by atoms with Crippen molar-refractivity contribution < 1.29 is 13.2 Å². The van der Waals surface area contributed by atoms with Gasteiger partial charge in [-0.25, -0.2) is 0 Å². The molecule has 0 spiro atoms. The number of hydrogen-bond acceptors (Lipinski definition) is 2. The molecule has 0 unspecified atom stereocenters. The first-order chi connectivity index (χ1) is 9.83. The van der Waals surface area contributed by atoms with Gasteiger partial charge in [0, 0.05) is 23.2 Å². The number of amidine groups is 1. The summed E-state index contributed by atoms with van der Waals surface area (Å²) in [6.45, 7) is 0.912. The van der Waals surface area contributed by atoms with Crippen LogP contribution in [-0.2, 0) is 0 Å². The highest BCUT2D eigenvalue weighted by molar-refractivity contribution is 6.10. The normalized spacial score (nSPS) is 11.6. The molecule has 0 radical (unpaired) electrons. The molecular weight excluding hydrogens is 279 g/mol. The molecule has 0 bridgehead atoms. The Morgan fingerprint density at radius 3 is 2.29 bits per heavy atom. The molecule has 2 aromatic rings. The van der Waals surface area contributed by atoms with Gasteiger partial charge in [0.1, 0.15) is 12.4 Å². The average Bonchev–Trinajstić information content (AvgIpc) is 2.42. The second-order valence-electron chi connectivity index (χ2n) is 4.72. The van der Waals surface area contributed by atoms with Crippen LogP contribution in [0.1, 0.15) is 12.5 Å². The maximum absolute atomic E-state index is 12.7. The summed E-state index contributed by atoms with van der Waals surface area (Å²) in [6.07, 6.45) is -4.27. The van der Waals surface area contributed by atoms with Crippen LogP contribution < -0.4 is 10.6 Å². The van der Waals surface area contributed by atoms with Gasteiger partial charge in [-0.05, 0) is 24.4 Å². The van der Waals surface area contributed by atoms with Gasteiger partial charge in [0.15, 0.2) is 0 Å². The van der Waals surface area contributed by atoms with Crippen LogP contribution in [0.15, 0.2) is 36.4 Å². The molecular formula is C15H16F3N3. The van der Waals surface area contributed by atoms with Gasteiger partial charge in [0.2, 0.25) is 0 Å². The molecule has 3 nitrogen and oxygen atoms in total. The standard InChI is InChI=1S/C15H16F3N3/c1-2-21(9-15(16,17)18)13-8-7-12(14(19)20)10-5-3-4-6-11(10)13/h3-8H,2,9H2,1H3,(H3,19,20). The molecule has 2 aromatic carbocycles. The van der Waals surface area contributed by atoms with Crippen molar-refractivity contribution in [1.82, 2.24) is 0 Å². The number of hydrogen-bond donors (Lipinski definition) is 2. The monoisotopic (exact) mass is 295 g/mol. The maximum atomic E-state index is 12.7. The number of alkyl halides is 3. The van der Waals surface area contributed by atoms with Crippen LogP contribution in [0.2, 0.25) is 0 Å². The molecule has 0 amide bonds. The Balaban J connectivity index is 2.59. The summed E-state index contributed by atoms with van der Waals surface area (Å²) in [5.74, 6) is -0.100. The quantitative estimate of drug-likeness (QED) is 0.670. The lowest BCUT2D eigenvalue weighted by molar-refractivity contribution is -0.119. The smallest absolute Gasteiger partial charge is 0.384 e. The second kappa shape index (κ2) is 5.63. The maximum Gasteiger partial charge on any atom is 0.405 e. The number of nitrogens with two attached hydrogens (primary N) is 1. The summed E-state index contributed by atoms with van der Waals surface area (Å²) < 4.78 is 38.1. The Kier molecular flexibility index (Phi) is 4.06. The summed E-state index contributed by atoms with van der Waals surface area (Å²) in [5, 5.41) is 8.92. The van der Waals surface area contributed by atoms with Crippen LogP contribution in [0.25, 0.3) is 10.8 Å². The zero-order valence-corrected chi connectivity index (χ0v) is 11.5. The lowest BCUT2D eigenvalue weighted by atomic mass is 10.0. The van der Waals surface area contributed by atoms with E-state index in [-0.39, 0.29) is 12.4 Å². The number of nitrogens with one attached hydrogen (secondary N) is 1. The molecule has 0 aliphatic carbocycles. The van der Waals surface area contributed by atoms with Crippen molar-refractivity contribution in [3.05, 3.63) is 42.0 Å². The fourth-order valence-electron chi connectivity index (χ4n) is 2.38. The topological polar surface area (TPSA) is 53.1 Å². The number of rotatable bonds is 4. The van der Waals surface area contributed by atoms with Crippen LogP contribution in [0.5, 0.6) is 0 Å². The van der Waals surface area contributed by atoms with Crippen molar-refractivity contribution in [2.75, 3.05) is 18.0 Å². The summed E-state index contributed by atoms with van der Waals surface area (Å²) in [4.78, 5) is 1.27. The van der Waals surface area contributed by atoms with E-state index in [1.165, 1.54) is 4.90 Å². The van der Waals surface area contributed by atoms with E-state index in [2.05, 4.69) is 0 Å². The first kappa shape index (κ1) is 15.2. The first-order valence-corrected chi connectivity index (χ1v) is 6.51. The van der Waals surface area contributed by atoms with E-state index in [1.54, 1.807) is 43.3 Å². The minimum Gasteiger partial charge on any atom is -0.384 e. The van der Waals surface area contributed by atoms with Crippen LogP contribution in [0.4, 0.5) is 18.9 Å². The van der Waals surface area contributed by atoms with Crippen molar-refractivity contribution in [3.8, 4) is 0 Å². The molecule has 3 N–H and O–H groups in total. The fourth-order valence-corrected chi connectivity index (χ4v) is 2.38.